The molecule has 0 aromatic carbocycles. The van der Waals surface area contributed by atoms with E-state index in [2.05, 4.69) is 0 Å². The lowest BCUT2D eigenvalue weighted by atomic mass is 10.1. The van der Waals surface area contributed by atoms with Crippen molar-refractivity contribution in [1.29, 1.82) is 0 Å². The van der Waals surface area contributed by atoms with E-state index >= 15 is 0 Å². The van der Waals surface area contributed by atoms with Crippen LogP contribution in [0, 0.1) is 5.92 Å². The molecule has 0 amide bonds. The van der Waals surface area contributed by atoms with Crippen LogP contribution in [0.25, 0.3) is 0 Å². The quantitative estimate of drug-likeness (QED) is 0.543. The number of rotatable bonds is 1. The van der Waals surface area contributed by atoms with Crippen molar-refractivity contribution in [2.75, 3.05) is 0 Å². The minimum atomic E-state index is 0.176. The molecule has 1 aliphatic rings. The van der Waals surface area contributed by atoms with E-state index in [1.54, 1.807) is 6.26 Å². The van der Waals surface area contributed by atoms with E-state index < -0.39 is 0 Å². The fourth-order valence-corrected chi connectivity index (χ4v) is 1.42. The maximum absolute atomic E-state index is 10.3. The Morgan fingerprint density at radius 1 is 1.60 bits per heavy atom. The third kappa shape index (κ3) is 0.685. The number of hydrogen-bond donors (Lipinski definition) is 0. The summed E-state index contributed by atoms with van der Waals surface area (Å²) in [5, 5.41) is 0. The van der Waals surface area contributed by atoms with Crippen LogP contribution in [0.15, 0.2) is 16.7 Å². The number of aldehydes is 1. The lowest BCUT2D eigenvalue weighted by Crippen LogP contribution is -1.99. The number of fused-ring (bicyclic) bond motifs is 1. The van der Waals surface area contributed by atoms with Gasteiger partial charge in [0.05, 0.1) is 6.26 Å². The molecule has 10 heavy (non-hydrogen) atoms. The van der Waals surface area contributed by atoms with Gasteiger partial charge in [-0.25, -0.2) is 0 Å². The highest BCUT2D eigenvalue weighted by Crippen LogP contribution is 2.25. The van der Waals surface area contributed by atoms with Crippen LogP contribution in [0.5, 0.6) is 0 Å². The topological polar surface area (TPSA) is 30.2 Å². The van der Waals surface area contributed by atoms with Gasteiger partial charge in [-0.1, -0.05) is 0 Å². The van der Waals surface area contributed by atoms with E-state index in [0.717, 1.165) is 24.9 Å². The molecule has 2 nitrogen and oxygen atoms in total. The van der Waals surface area contributed by atoms with E-state index in [4.69, 9.17) is 4.42 Å². The first-order valence-electron chi connectivity index (χ1n) is 3.40. The Kier molecular flexibility index (Phi) is 1.13. The van der Waals surface area contributed by atoms with Gasteiger partial charge in [-0.05, 0) is 18.1 Å². The Bertz CT molecular complexity index is 229. The van der Waals surface area contributed by atoms with E-state index in [9.17, 15) is 4.79 Å². The van der Waals surface area contributed by atoms with E-state index in [0.29, 0.717) is 0 Å². The maximum Gasteiger partial charge on any atom is 0.123 e. The Morgan fingerprint density at radius 2 is 2.50 bits per heavy atom. The molecule has 52 valence electrons. The zero-order valence-electron chi connectivity index (χ0n) is 5.54. The van der Waals surface area contributed by atoms with Crippen LogP contribution in [0.4, 0.5) is 0 Å². The molecular formula is C8H8O2. The Balaban J connectivity index is 2.28. The summed E-state index contributed by atoms with van der Waals surface area (Å²) in [4.78, 5) is 10.3. The first-order valence-corrected chi connectivity index (χ1v) is 3.40. The molecule has 0 bridgehead atoms. The predicted molar refractivity (Wildman–Crippen MR) is 35.7 cm³/mol. The van der Waals surface area contributed by atoms with Gasteiger partial charge in [-0.2, -0.15) is 0 Å². The van der Waals surface area contributed by atoms with Crippen LogP contribution < -0.4 is 0 Å². The monoisotopic (exact) mass is 136 g/mol. The molecule has 1 unspecified atom stereocenters. The van der Waals surface area contributed by atoms with E-state index in [-0.39, 0.29) is 5.92 Å². The van der Waals surface area contributed by atoms with Gasteiger partial charge in [-0.15, -0.1) is 0 Å². The number of furan rings is 1. The van der Waals surface area contributed by atoms with Crippen LogP contribution in [-0.4, -0.2) is 6.29 Å². The van der Waals surface area contributed by atoms with Crippen molar-refractivity contribution in [2.45, 2.75) is 12.8 Å². The Hall–Kier alpha value is -1.05. The summed E-state index contributed by atoms with van der Waals surface area (Å²) in [6.45, 7) is 0. The highest BCUT2D eigenvalue weighted by atomic mass is 16.3. The number of carbonyl (C=O) groups is 1. The number of carbonyl (C=O) groups excluding carboxylic acids is 1. The zero-order chi connectivity index (χ0) is 6.97. The fourth-order valence-electron chi connectivity index (χ4n) is 1.42. The van der Waals surface area contributed by atoms with Gasteiger partial charge in [0.25, 0.3) is 0 Å². The van der Waals surface area contributed by atoms with Crippen LogP contribution in [0.1, 0.15) is 11.3 Å². The third-order valence-corrected chi connectivity index (χ3v) is 1.96. The second-order valence-corrected chi connectivity index (χ2v) is 2.67. The van der Waals surface area contributed by atoms with Crippen molar-refractivity contribution in [3.63, 3.8) is 0 Å². The molecule has 1 heterocycles. The first kappa shape index (κ1) is 5.71. The fraction of sp³-hybridized carbons (Fsp3) is 0.375. The van der Waals surface area contributed by atoms with E-state index in [1.807, 2.05) is 6.07 Å². The van der Waals surface area contributed by atoms with Gasteiger partial charge in [0.1, 0.15) is 12.0 Å². The minimum absolute atomic E-state index is 0.176. The van der Waals surface area contributed by atoms with E-state index in [1.165, 1.54) is 5.56 Å². The standard InChI is InChI=1S/C8H8O2/c9-5-6-3-7-1-2-10-8(7)4-6/h1-2,5-6H,3-4H2. The Morgan fingerprint density at radius 3 is 3.20 bits per heavy atom. The van der Waals surface area contributed by atoms with Crippen LogP contribution in [0.3, 0.4) is 0 Å². The average molecular weight is 136 g/mol. The van der Waals surface area contributed by atoms with Gasteiger partial charge in [0.15, 0.2) is 0 Å². The first-order chi connectivity index (χ1) is 4.90. The molecule has 0 saturated heterocycles. The zero-order valence-corrected chi connectivity index (χ0v) is 5.54. The lowest BCUT2D eigenvalue weighted by Gasteiger charge is -1.92. The van der Waals surface area contributed by atoms with Crippen molar-refractivity contribution in [3.8, 4) is 0 Å². The summed E-state index contributed by atoms with van der Waals surface area (Å²) in [5.41, 5.74) is 1.21. The van der Waals surface area contributed by atoms with Crippen molar-refractivity contribution in [3.05, 3.63) is 23.7 Å². The molecule has 1 aliphatic carbocycles. The molecule has 0 spiro atoms. The molecule has 0 aliphatic heterocycles. The highest BCUT2D eigenvalue weighted by Gasteiger charge is 2.22. The molecular weight excluding hydrogens is 128 g/mol. The van der Waals surface area contributed by atoms with Crippen LogP contribution in [-0.2, 0) is 17.6 Å². The summed E-state index contributed by atoms with van der Waals surface area (Å²) in [7, 11) is 0. The molecule has 2 heteroatoms. The summed E-state index contributed by atoms with van der Waals surface area (Å²) < 4.78 is 5.15. The molecule has 2 rings (SSSR count). The highest BCUT2D eigenvalue weighted by molar-refractivity contribution is 5.57. The summed E-state index contributed by atoms with van der Waals surface area (Å²) in [6.07, 6.45) is 4.36. The van der Waals surface area contributed by atoms with Crippen molar-refractivity contribution in [1.82, 2.24) is 0 Å². The Labute approximate surface area is 58.8 Å². The smallest absolute Gasteiger partial charge is 0.123 e. The van der Waals surface area contributed by atoms with Gasteiger partial charge in [-0.3, -0.25) is 0 Å². The summed E-state index contributed by atoms with van der Waals surface area (Å²) in [6, 6.07) is 1.94. The van der Waals surface area contributed by atoms with Crippen LogP contribution >= 0.6 is 0 Å². The SMILES string of the molecule is O=CC1Cc2ccoc2C1. The van der Waals surface area contributed by atoms with Crippen molar-refractivity contribution >= 4 is 6.29 Å². The van der Waals surface area contributed by atoms with Crippen molar-refractivity contribution < 1.29 is 9.21 Å². The van der Waals surface area contributed by atoms with Gasteiger partial charge >= 0.3 is 0 Å². The maximum atomic E-state index is 10.3. The largest absolute Gasteiger partial charge is 0.469 e. The van der Waals surface area contributed by atoms with Crippen molar-refractivity contribution in [2.24, 2.45) is 5.92 Å². The molecule has 0 N–H and O–H groups in total. The second-order valence-electron chi connectivity index (χ2n) is 2.67. The molecule has 0 saturated carbocycles. The molecule has 0 fully saturated rings. The average Bonchev–Trinajstić information content (AvgIpc) is 2.42. The van der Waals surface area contributed by atoms with Crippen LogP contribution in [0.2, 0.25) is 0 Å². The summed E-state index contributed by atoms with van der Waals surface area (Å²) in [5.74, 6) is 1.17. The summed E-state index contributed by atoms with van der Waals surface area (Å²) >= 11 is 0. The van der Waals surface area contributed by atoms with Gasteiger partial charge in [0, 0.05) is 12.3 Å². The second kappa shape index (κ2) is 1.97. The van der Waals surface area contributed by atoms with Gasteiger partial charge in [0.2, 0.25) is 0 Å². The molecule has 1 atom stereocenters. The molecule has 0 radical (unpaired) electrons. The molecule has 1 aromatic rings. The predicted octanol–water partition coefficient (Wildman–Crippen LogP) is 1.19. The third-order valence-electron chi connectivity index (χ3n) is 1.96. The normalized spacial score (nSPS) is 22.6. The lowest BCUT2D eigenvalue weighted by molar-refractivity contribution is -0.110. The number of hydrogen-bond acceptors (Lipinski definition) is 2. The minimum Gasteiger partial charge on any atom is -0.469 e. The van der Waals surface area contributed by atoms with Gasteiger partial charge < -0.3 is 9.21 Å². The molecule has 1 aromatic heterocycles.